The average molecular weight is 312 g/mol. The smallest absolute Gasteiger partial charge is 0.323 e. The fourth-order valence-corrected chi connectivity index (χ4v) is 2.42. The van der Waals surface area contributed by atoms with Gasteiger partial charge in [-0.25, -0.2) is 0 Å². The standard InChI is InChI=1S/C14H20N2O4S/c1-10(2)16(8-13(18)19)12(17)4-3-6-15-14(20)11-5-7-21-9-11/h5,7,9-10H,3-4,6,8H2,1-2H3,(H,15,20)(H,18,19). The minimum absolute atomic E-state index is 0.157. The second-order valence-corrected chi connectivity index (χ2v) is 5.66. The van der Waals surface area contributed by atoms with Gasteiger partial charge in [-0.05, 0) is 31.7 Å². The maximum absolute atomic E-state index is 11.9. The summed E-state index contributed by atoms with van der Waals surface area (Å²) < 4.78 is 0. The highest BCUT2D eigenvalue weighted by atomic mass is 32.1. The van der Waals surface area contributed by atoms with E-state index in [0.29, 0.717) is 18.5 Å². The van der Waals surface area contributed by atoms with Crippen LogP contribution in [0, 0.1) is 0 Å². The monoisotopic (exact) mass is 312 g/mol. The van der Waals surface area contributed by atoms with E-state index in [1.54, 1.807) is 25.3 Å². The van der Waals surface area contributed by atoms with Crippen molar-refractivity contribution in [2.75, 3.05) is 13.1 Å². The van der Waals surface area contributed by atoms with E-state index in [2.05, 4.69) is 5.32 Å². The van der Waals surface area contributed by atoms with Gasteiger partial charge in [0.25, 0.3) is 5.91 Å². The molecule has 0 bridgehead atoms. The van der Waals surface area contributed by atoms with Gasteiger partial charge in [0.05, 0.1) is 0 Å². The molecule has 0 unspecified atom stereocenters. The number of rotatable bonds is 8. The van der Waals surface area contributed by atoms with Crippen LogP contribution in [-0.4, -0.2) is 46.9 Å². The van der Waals surface area contributed by atoms with Crippen molar-refractivity contribution in [3.8, 4) is 0 Å². The molecule has 6 nitrogen and oxygen atoms in total. The van der Waals surface area contributed by atoms with Crippen LogP contribution in [0.3, 0.4) is 0 Å². The quantitative estimate of drug-likeness (QED) is 0.714. The van der Waals surface area contributed by atoms with Crippen molar-refractivity contribution < 1.29 is 19.5 Å². The molecular weight excluding hydrogens is 292 g/mol. The summed E-state index contributed by atoms with van der Waals surface area (Å²) in [6.07, 6.45) is 0.701. The Labute approximate surface area is 127 Å². The molecule has 0 saturated carbocycles. The lowest BCUT2D eigenvalue weighted by Crippen LogP contribution is -2.40. The van der Waals surface area contributed by atoms with E-state index in [9.17, 15) is 14.4 Å². The van der Waals surface area contributed by atoms with Crippen molar-refractivity contribution in [3.05, 3.63) is 22.4 Å². The van der Waals surface area contributed by atoms with Crippen LogP contribution in [0.1, 0.15) is 37.0 Å². The van der Waals surface area contributed by atoms with E-state index in [4.69, 9.17) is 5.11 Å². The van der Waals surface area contributed by atoms with Gasteiger partial charge in [-0.3, -0.25) is 14.4 Å². The molecule has 0 aromatic carbocycles. The molecule has 1 aromatic heterocycles. The highest BCUT2D eigenvalue weighted by Crippen LogP contribution is 2.06. The average Bonchev–Trinajstić information content (AvgIpc) is 2.94. The van der Waals surface area contributed by atoms with Gasteiger partial charge < -0.3 is 15.3 Å². The Hall–Kier alpha value is -1.89. The van der Waals surface area contributed by atoms with Gasteiger partial charge in [-0.2, -0.15) is 11.3 Å². The van der Waals surface area contributed by atoms with E-state index in [1.165, 1.54) is 16.2 Å². The van der Waals surface area contributed by atoms with Crippen LogP contribution >= 0.6 is 11.3 Å². The normalized spacial score (nSPS) is 10.4. The first kappa shape index (κ1) is 17.2. The lowest BCUT2D eigenvalue weighted by molar-refractivity contribution is -0.145. The minimum Gasteiger partial charge on any atom is -0.480 e. The lowest BCUT2D eigenvalue weighted by Gasteiger charge is -2.24. The Morgan fingerprint density at radius 1 is 1.38 bits per heavy atom. The Bertz CT molecular complexity index is 485. The van der Waals surface area contributed by atoms with Gasteiger partial charge in [0.2, 0.25) is 5.91 Å². The molecule has 0 aliphatic carbocycles. The fourth-order valence-electron chi connectivity index (χ4n) is 1.79. The third-order valence-corrected chi connectivity index (χ3v) is 3.57. The first-order valence-electron chi connectivity index (χ1n) is 6.73. The topological polar surface area (TPSA) is 86.7 Å². The fraction of sp³-hybridized carbons (Fsp3) is 0.500. The van der Waals surface area contributed by atoms with E-state index < -0.39 is 5.97 Å². The lowest BCUT2D eigenvalue weighted by atomic mass is 10.2. The Morgan fingerprint density at radius 2 is 2.10 bits per heavy atom. The number of carbonyl (C=O) groups excluding carboxylic acids is 2. The molecule has 2 N–H and O–H groups in total. The second kappa shape index (κ2) is 8.41. The molecule has 0 spiro atoms. The predicted molar refractivity (Wildman–Crippen MR) is 80.4 cm³/mol. The summed E-state index contributed by atoms with van der Waals surface area (Å²) in [5.74, 6) is -1.39. The van der Waals surface area contributed by atoms with Crippen molar-refractivity contribution in [3.63, 3.8) is 0 Å². The predicted octanol–water partition coefficient (Wildman–Crippen LogP) is 1.58. The van der Waals surface area contributed by atoms with E-state index >= 15 is 0 Å². The molecule has 1 rings (SSSR count). The number of carbonyl (C=O) groups is 3. The number of nitrogens with zero attached hydrogens (tertiary/aromatic N) is 1. The number of carboxylic acids is 1. The van der Waals surface area contributed by atoms with Crippen molar-refractivity contribution in [1.82, 2.24) is 10.2 Å². The number of amides is 2. The number of thiophene rings is 1. The maximum atomic E-state index is 11.9. The summed E-state index contributed by atoms with van der Waals surface area (Å²) in [4.78, 5) is 35.6. The third-order valence-electron chi connectivity index (χ3n) is 2.89. The first-order chi connectivity index (χ1) is 9.91. The highest BCUT2D eigenvalue weighted by Gasteiger charge is 2.19. The van der Waals surface area contributed by atoms with Gasteiger partial charge in [0.1, 0.15) is 6.54 Å². The molecule has 116 valence electrons. The Kier molecular flexibility index (Phi) is 6.87. The molecule has 1 aromatic rings. The van der Waals surface area contributed by atoms with Crippen LogP contribution in [-0.2, 0) is 9.59 Å². The summed E-state index contributed by atoms with van der Waals surface area (Å²) in [6, 6.07) is 1.58. The van der Waals surface area contributed by atoms with Crippen LogP contribution in [0.25, 0.3) is 0 Å². The van der Waals surface area contributed by atoms with Crippen LogP contribution in [0.4, 0.5) is 0 Å². The molecule has 21 heavy (non-hydrogen) atoms. The molecule has 0 fully saturated rings. The second-order valence-electron chi connectivity index (χ2n) is 4.88. The summed E-state index contributed by atoms with van der Waals surface area (Å²) in [5, 5.41) is 15.1. The summed E-state index contributed by atoms with van der Waals surface area (Å²) in [6.45, 7) is 3.65. The number of nitrogens with one attached hydrogen (secondary N) is 1. The van der Waals surface area contributed by atoms with Crippen LogP contribution < -0.4 is 5.32 Å². The van der Waals surface area contributed by atoms with Crippen molar-refractivity contribution in [1.29, 1.82) is 0 Å². The third kappa shape index (κ3) is 5.95. The summed E-state index contributed by atoms with van der Waals surface area (Å²) in [5.41, 5.74) is 0.612. The number of hydrogen-bond donors (Lipinski definition) is 2. The highest BCUT2D eigenvalue weighted by molar-refractivity contribution is 7.08. The van der Waals surface area contributed by atoms with E-state index in [0.717, 1.165) is 0 Å². The molecule has 7 heteroatoms. The zero-order valence-electron chi connectivity index (χ0n) is 12.2. The van der Waals surface area contributed by atoms with Crippen molar-refractivity contribution >= 4 is 29.1 Å². The molecule has 0 atom stereocenters. The summed E-state index contributed by atoms with van der Waals surface area (Å²) in [7, 11) is 0. The number of hydrogen-bond acceptors (Lipinski definition) is 4. The van der Waals surface area contributed by atoms with Crippen LogP contribution in [0.5, 0.6) is 0 Å². The van der Waals surface area contributed by atoms with Crippen LogP contribution in [0.2, 0.25) is 0 Å². The zero-order valence-corrected chi connectivity index (χ0v) is 13.0. The number of aliphatic carboxylic acids is 1. The zero-order chi connectivity index (χ0) is 15.8. The largest absolute Gasteiger partial charge is 0.480 e. The molecule has 1 heterocycles. The number of carboxylic acid groups (broad SMARTS) is 1. The van der Waals surface area contributed by atoms with Gasteiger partial charge in [0, 0.05) is 30.0 Å². The molecule has 0 aliphatic rings. The molecular formula is C14H20N2O4S. The van der Waals surface area contributed by atoms with E-state index in [1.807, 2.05) is 5.38 Å². The van der Waals surface area contributed by atoms with Gasteiger partial charge in [-0.1, -0.05) is 0 Å². The molecule has 0 saturated heterocycles. The Balaban J connectivity index is 2.32. The summed E-state index contributed by atoms with van der Waals surface area (Å²) >= 11 is 1.45. The van der Waals surface area contributed by atoms with Gasteiger partial charge in [0.15, 0.2) is 0 Å². The SMILES string of the molecule is CC(C)N(CC(=O)O)C(=O)CCCNC(=O)c1ccsc1. The Morgan fingerprint density at radius 3 is 2.62 bits per heavy atom. The van der Waals surface area contributed by atoms with Gasteiger partial charge >= 0.3 is 5.97 Å². The molecule has 0 radical (unpaired) electrons. The van der Waals surface area contributed by atoms with Gasteiger partial charge in [-0.15, -0.1) is 0 Å². The van der Waals surface area contributed by atoms with E-state index in [-0.39, 0.29) is 30.8 Å². The van der Waals surface area contributed by atoms with Crippen LogP contribution in [0.15, 0.2) is 16.8 Å². The van der Waals surface area contributed by atoms with Crippen molar-refractivity contribution in [2.24, 2.45) is 0 Å². The molecule has 2 amide bonds. The molecule has 0 aliphatic heterocycles. The van der Waals surface area contributed by atoms with Crippen molar-refractivity contribution in [2.45, 2.75) is 32.7 Å². The first-order valence-corrected chi connectivity index (χ1v) is 7.67. The minimum atomic E-state index is -1.03. The maximum Gasteiger partial charge on any atom is 0.323 e.